The Balaban J connectivity index is 1.83. The van der Waals surface area contributed by atoms with E-state index < -0.39 is 11.6 Å². The second-order valence-corrected chi connectivity index (χ2v) is 9.05. The number of nitrogens with one attached hydrogen (secondary N) is 1. The van der Waals surface area contributed by atoms with Crippen molar-refractivity contribution in [3.8, 4) is 11.6 Å². The summed E-state index contributed by atoms with van der Waals surface area (Å²) in [6.45, 7) is 9.61. The van der Waals surface area contributed by atoms with Crippen molar-refractivity contribution in [2.45, 2.75) is 78.6 Å². The van der Waals surface area contributed by atoms with E-state index in [1.807, 2.05) is 27.7 Å². The van der Waals surface area contributed by atoms with Crippen LogP contribution in [-0.2, 0) is 22.7 Å². The summed E-state index contributed by atoms with van der Waals surface area (Å²) in [6.07, 6.45) is 3.78. The van der Waals surface area contributed by atoms with Gasteiger partial charge in [0.05, 0.1) is 12.8 Å². The Morgan fingerprint density at radius 2 is 2.03 bits per heavy atom. The number of carbonyl (C=O) groups excluding carboxylic acids is 2. The third-order valence-electron chi connectivity index (χ3n) is 4.93. The number of hydrogen-bond donors (Lipinski definition) is 1. The number of aryl methyl sites for hydroxylation is 1. The van der Waals surface area contributed by atoms with Crippen LogP contribution >= 0.6 is 0 Å². The molecule has 0 fully saturated rings. The van der Waals surface area contributed by atoms with Gasteiger partial charge in [0.25, 0.3) is 0 Å². The Hall–Kier alpha value is -3.43. The normalized spacial score (nSPS) is 12.5. The highest BCUT2D eigenvalue weighted by Gasteiger charge is 2.32. The van der Waals surface area contributed by atoms with E-state index in [2.05, 4.69) is 27.7 Å². The van der Waals surface area contributed by atoms with Gasteiger partial charge in [-0.3, -0.25) is 9.59 Å². The van der Waals surface area contributed by atoms with Crippen molar-refractivity contribution in [1.82, 2.24) is 30.4 Å². The Morgan fingerprint density at radius 3 is 2.64 bits per heavy atom. The number of rotatable bonds is 10. The molecule has 3 aromatic heterocycles. The molecule has 0 bridgehead atoms. The summed E-state index contributed by atoms with van der Waals surface area (Å²) < 4.78 is 11.0. The summed E-state index contributed by atoms with van der Waals surface area (Å²) in [5.74, 6) is 1.58. The lowest BCUT2D eigenvalue weighted by molar-refractivity contribution is -0.143. The lowest BCUT2D eigenvalue weighted by Crippen LogP contribution is -2.54. The minimum absolute atomic E-state index is 0.163. The van der Waals surface area contributed by atoms with Crippen molar-refractivity contribution < 1.29 is 18.4 Å². The summed E-state index contributed by atoms with van der Waals surface area (Å²) in [5, 5.41) is 15.3. The summed E-state index contributed by atoms with van der Waals surface area (Å²) in [4.78, 5) is 29.3. The molecule has 0 aliphatic heterocycles. The van der Waals surface area contributed by atoms with Crippen molar-refractivity contribution in [2.75, 3.05) is 0 Å². The molecule has 10 heteroatoms. The van der Waals surface area contributed by atoms with Gasteiger partial charge in [-0.15, -0.1) is 10.2 Å². The lowest BCUT2D eigenvalue weighted by Gasteiger charge is -2.33. The van der Waals surface area contributed by atoms with E-state index in [0.717, 1.165) is 18.6 Å². The van der Waals surface area contributed by atoms with Gasteiger partial charge < -0.3 is 19.1 Å². The highest BCUT2D eigenvalue weighted by Crippen LogP contribution is 2.18. The number of carbonyl (C=O) groups is 2. The summed E-state index contributed by atoms with van der Waals surface area (Å²) in [6, 6.07) is 6.43. The largest absolute Gasteiger partial charge is 0.467 e. The maximum Gasteiger partial charge on any atom is 0.247 e. The molecule has 10 nitrogen and oxygen atoms in total. The van der Waals surface area contributed by atoms with E-state index in [-0.39, 0.29) is 24.9 Å². The van der Waals surface area contributed by atoms with Gasteiger partial charge in [0.2, 0.25) is 17.6 Å². The van der Waals surface area contributed by atoms with Crippen LogP contribution in [0.4, 0.5) is 0 Å². The molecule has 1 N–H and O–H groups in total. The summed E-state index contributed by atoms with van der Waals surface area (Å²) >= 11 is 0. The fourth-order valence-electron chi connectivity index (χ4n) is 3.40. The van der Waals surface area contributed by atoms with Crippen LogP contribution in [-0.4, -0.2) is 48.5 Å². The standard InChI is InChI=1S/C23H32N6O4/c1-6-7-10-18(22(31)24-23(3,4)5)28(14-17-9-8-13-32-17)20(30)15-29-26-21(25-27-29)19-12-11-16(2)33-19/h8-9,11-13,18H,6-7,10,14-15H2,1-5H3,(H,24,31). The number of hydrogen-bond acceptors (Lipinski definition) is 7. The fraction of sp³-hybridized carbons (Fsp3) is 0.522. The van der Waals surface area contributed by atoms with E-state index in [0.29, 0.717) is 23.8 Å². The second kappa shape index (κ2) is 10.5. The van der Waals surface area contributed by atoms with E-state index >= 15 is 0 Å². The molecule has 3 heterocycles. The molecule has 1 atom stereocenters. The van der Waals surface area contributed by atoms with Gasteiger partial charge in [0.1, 0.15) is 24.1 Å². The van der Waals surface area contributed by atoms with Crippen LogP contribution in [0, 0.1) is 6.92 Å². The van der Waals surface area contributed by atoms with E-state index in [4.69, 9.17) is 8.83 Å². The Morgan fingerprint density at radius 1 is 1.24 bits per heavy atom. The van der Waals surface area contributed by atoms with Gasteiger partial charge in [0, 0.05) is 5.54 Å². The number of aromatic nitrogens is 4. The quantitative estimate of drug-likeness (QED) is 0.497. The van der Waals surface area contributed by atoms with Crippen molar-refractivity contribution >= 4 is 11.8 Å². The molecule has 0 aromatic carbocycles. The zero-order valence-electron chi connectivity index (χ0n) is 19.9. The van der Waals surface area contributed by atoms with Crippen LogP contribution in [0.5, 0.6) is 0 Å². The van der Waals surface area contributed by atoms with Crippen LogP contribution in [0.3, 0.4) is 0 Å². The van der Waals surface area contributed by atoms with E-state index in [1.54, 1.807) is 30.5 Å². The molecule has 0 spiro atoms. The topological polar surface area (TPSA) is 119 Å². The second-order valence-electron chi connectivity index (χ2n) is 9.05. The van der Waals surface area contributed by atoms with Crippen molar-refractivity contribution in [2.24, 2.45) is 0 Å². The van der Waals surface area contributed by atoms with Gasteiger partial charge in [-0.1, -0.05) is 19.8 Å². The van der Waals surface area contributed by atoms with Crippen LogP contribution < -0.4 is 5.32 Å². The Kier molecular flexibility index (Phi) is 7.67. The molecule has 33 heavy (non-hydrogen) atoms. The van der Waals surface area contributed by atoms with Crippen molar-refractivity contribution in [1.29, 1.82) is 0 Å². The molecule has 0 aliphatic rings. The Labute approximate surface area is 193 Å². The first-order valence-corrected chi connectivity index (χ1v) is 11.1. The molecule has 0 aliphatic carbocycles. The zero-order chi connectivity index (χ0) is 24.0. The summed E-state index contributed by atoms with van der Waals surface area (Å²) in [7, 11) is 0. The lowest BCUT2D eigenvalue weighted by atomic mass is 10.0. The Bertz CT molecular complexity index is 1050. The maximum atomic E-state index is 13.4. The van der Waals surface area contributed by atoms with Gasteiger partial charge in [-0.05, 0) is 63.6 Å². The average Bonchev–Trinajstić information content (AvgIpc) is 3.48. The predicted octanol–water partition coefficient (Wildman–Crippen LogP) is 3.34. The van der Waals surface area contributed by atoms with Gasteiger partial charge in [0.15, 0.2) is 5.76 Å². The highest BCUT2D eigenvalue weighted by molar-refractivity contribution is 5.88. The molecular formula is C23H32N6O4. The number of unbranched alkanes of at least 4 members (excludes halogenated alkanes) is 1. The molecular weight excluding hydrogens is 424 g/mol. The SMILES string of the molecule is CCCCC(C(=O)NC(C)(C)C)N(Cc1ccco1)C(=O)Cn1nnc(-c2ccc(C)o2)n1. The molecule has 0 radical (unpaired) electrons. The smallest absolute Gasteiger partial charge is 0.247 e. The number of nitrogens with zero attached hydrogens (tertiary/aromatic N) is 5. The van der Waals surface area contributed by atoms with Gasteiger partial charge in [-0.25, -0.2) is 0 Å². The molecule has 0 saturated carbocycles. The third-order valence-corrected chi connectivity index (χ3v) is 4.93. The van der Waals surface area contributed by atoms with Gasteiger partial charge >= 0.3 is 0 Å². The maximum absolute atomic E-state index is 13.4. The van der Waals surface area contributed by atoms with Gasteiger partial charge in [-0.2, -0.15) is 4.80 Å². The molecule has 178 valence electrons. The monoisotopic (exact) mass is 456 g/mol. The van der Waals surface area contributed by atoms with Crippen LogP contribution in [0.25, 0.3) is 11.6 Å². The zero-order valence-corrected chi connectivity index (χ0v) is 19.9. The first-order chi connectivity index (χ1) is 15.7. The number of amides is 2. The van der Waals surface area contributed by atoms with Crippen molar-refractivity contribution in [3.05, 3.63) is 42.0 Å². The molecule has 3 rings (SSSR count). The number of tetrazole rings is 1. The van der Waals surface area contributed by atoms with E-state index in [9.17, 15) is 9.59 Å². The fourth-order valence-corrected chi connectivity index (χ4v) is 3.40. The van der Waals surface area contributed by atoms with Crippen LogP contribution in [0.15, 0.2) is 39.4 Å². The minimum atomic E-state index is -0.655. The molecule has 2 amide bonds. The first-order valence-electron chi connectivity index (χ1n) is 11.1. The minimum Gasteiger partial charge on any atom is -0.467 e. The number of furan rings is 2. The highest BCUT2D eigenvalue weighted by atomic mass is 16.3. The molecule has 0 saturated heterocycles. The van der Waals surface area contributed by atoms with Crippen LogP contribution in [0.2, 0.25) is 0 Å². The third kappa shape index (κ3) is 6.77. The summed E-state index contributed by atoms with van der Waals surface area (Å²) in [5.41, 5.74) is -0.426. The molecule has 3 aromatic rings. The molecule has 1 unspecified atom stereocenters. The van der Waals surface area contributed by atoms with E-state index in [1.165, 1.54) is 9.70 Å². The van der Waals surface area contributed by atoms with Crippen molar-refractivity contribution in [3.63, 3.8) is 0 Å². The predicted molar refractivity (Wildman–Crippen MR) is 121 cm³/mol. The average molecular weight is 457 g/mol. The van der Waals surface area contributed by atoms with Crippen LogP contribution in [0.1, 0.15) is 58.5 Å². The first kappa shape index (κ1) is 24.2.